The molecule has 0 aliphatic rings. The Kier molecular flexibility index (Phi) is 5.25. The number of benzene rings is 1. The Labute approximate surface area is 136 Å². The third-order valence-corrected chi connectivity index (χ3v) is 7.11. The molecule has 0 aliphatic heterocycles. The summed E-state index contributed by atoms with van der Waals surface area (Å²) in [5.74, 6) is 0. The second kappa shape index (κ2) is 6.58. The number of sulfonamides is 1. The summed E-state index contributed by atoms with van der Waals surface area (Å²) in [7, 11) is -3.49. The summed E-state index contributed by atoms with van der Waals surface area (Å²) in [6.07, 6.45) is 0.586. The van der Waals surface area contributed by atoms with Crippen molar-refractivity contribution in [2.45, 2.75) is 23.6 Å². The van der Waals surface area contributed by atoms with Gasteiger partial charge >= 0.3 is 0 Å². The molecule has 0 fully saturated rings. The molecule has 1 aromatic heterocycles. The molecule has 0 aliphatic carbocycles. The Hall–Kier alpha value is -0.400. The molecule has 20 heavy (non-hydrogen) atoms. The van der Waals surface area contributed by atoms with Crippen LogP contribution in [0.4, 0.5) is 0 Å². The van der Waals surface area contributed by atoms with Gasteiger partial charge in [-0.3, -0.25) is 0 Å². The molecule has 0 amide bonds. The smallest absolute Gasteiger partial charge is 0.207 e. The lowest BCUT2D eigenvalue weighted by molar-refractivity contribution is 0.561. The van der Waals surface area contributed by atoms with Crippen molar-refractivity contribution >= 4 is 48.9 Å². The fraction of sp³-hybridized carbons (Fsp3) is 0.231. The van der Waals surface area contributed by atoms with Crippen molar-refractivity contribution in [2.24, 2.45) is 0 Å². The van der Waals surface area contributed by atoms with Crippen LogP contribution in [0.5, 0.6) is 0 Å². The van der Waals surface area contributed by atoms with Gasteiger partial charge in [0.1, 0.15) is 4.21 Å². The van der Waals surface area contributed by atoms with E-state index in [1.54, 1.807) is 17.5 Å². The maximum atomic E-state index is 12.2. The van der Waals surface area contributed by atoms with Gasteiger partial charge in [0, 0.05) is 15.5 Å². The molecule has 1 heterocycles. The number of nitrogens with one attached hydrogen (secondary N) is 1. The van der Waals surface area contributed by atoms with Crippen LogP contribution in [-0.2, 0) is 16.4 Å². The van der Waals surface area contributed by atoms with Gasteiger partial charge in [0.05, 0.1) is 0 Å². The van der Waals surface area contributed by atoms with E-state index >= 15 is 0 Å². The lowest BCUT2D eigenvalue weighted by atomic mass is 10.1. The van der Waals surface area contributed by atoms with E-state index in [9.17, 15) is 8.42 Å². The van der Waals surface area contributed by atoms with Gasteiger partial charge in [-0.05, 0) is 58.4 Å². The summed E-state index contributed by atoms with van der Waals surface area (Å²) in [5, 5.41) is 2.39. The highest BCUT2D eigenvalue weighted by atomic mass is 79.9. The maximum Gasteiger partial charge on any atom is 0.251 e. The first-order chi connectivity index (χ1) is 9.38. The molecule has 1 unspecified atom stereocenters. The predicted molar refractivity (Wildman–Crippen MR) is 87.0 cm³/mol. The fourth-order valence-corrected chi connectivity index (χ4v) is 5.66. The fourth-order valence-electron chi connectivity index (χ4n) is 1.85. The summed E-state index contributed by atoms with van der Waals surface area (Å²) in [6.45, 7) is 1.83. The van der Waals surface area contributed by atoms with Crippen LogP contribution in [0.2, 0.25) is 5.02 Å². The highest BCUT2D eigenvalue weighted by molar-refractivity contribution is 9.10. The van der Waals surface area contributed by atoms with Crippen molar-refractivity contribution in [3.05, 3.63) is 50.8 Å². The van der Waals surface area contributed by atoms with Crippen LogP contribution in [0.15, 0.2) is 44.4 Å². The van der Waals surface area contributed by atoms with Gasteiger partial charge in [0.2, 0.25) is 0 Å². The standard InChI is InChI=1S/C13H13BrClNO2S2/c1-9(7-10-3-2-4-11(15)8-10)16-20(17,18)13-12(14)5-6-19-13/h2-6,8-9,16H,7H2,1H3. The molecule has 2 rings (SSSR count). The van der Waals surface area contributed by atoms with Gasteiger partial charge < -0.3 is 0 Å². The van der Waals surface area contributed by atoms with Crippen molar-refractivity contribution < 1.29 is 8.42 Å². The van der Waals surface area contributed by atoms with Crippen molar-refractivity contribution in [1.82, 2.24) is 4.72 Å². The summed E-state index contributed by atoms with van der Waals surface area (Å²) in [4.78, 5) is 0. The van der Waals surface area contributed by atoms with E-state index in [-0.39, 0.29) is 6.04 Å². The van der Waals surface area contributed by atoms with Crippen LogP contribution in [0, 0.1) is 0 Å². The van der Waals surface area contributed by atoms with Gasteiger partial charge in [0.25, 0.3) is 10.0 Å². The third-order valence-electron chi connectivity index (χ3n) is 2.62. The van der Waals surface area contributed by atoms with E-state index in [1.165, 1.54) is 11.3 Å². The third kappa shape index (κ3) is 4.05. The van der Waals surface area contributed by atoms with E-state index in [4.69, 9.17) is 11.6 Å². The molecule has 0 spiro atoms. The highest BCUT2D eigenvalue weighted by Gasteiger charge is 2.21. The molecule has 0 saturated heterocycles. The zero-order valence-corrected chi connectivity index (χ0v) is 14.6. The van der Waals surface area contributed by atoms with Crippen LogP contribution in [0.25, 0.3) is 0 Å². The quantitative estimate of drug-likeness (QED) is 0.831. The molecule has 0 bridgehead atoms. The predicted octanol–water partition coefficient (Wildman–Crippen LogP) is 4.07. The summed E-state index contributed by atoms with van der Waals surface area (Å²) < 4.78 is 28.0. The Balaban J connectivity index is 2.08. The van der Waals surface area contributed by atoms with Gasteiger partial charge in [-0.2, -0.15) is 0 Å². The maximum absolute atomic E-state index is 12.2. The Morgan fingerprint density at radius 3 is 2.75 bits per heavy atom. The van der Waals surface area contributed by atoms with Gasteiger partial charge in [-0.15, -0.1) is 11.3 Å². The average molecular weight is 395 g/mol. The van der Waals surface area contributed by atoms with E-state index in [0.29, 0.717) is 20.1 Å². The monoisotopic (exact) mass is 393 g/mol. The minimum atomic E-state index is -3.49. The van der Waals surface area contributed by atoms with Crippen LogP contribution in [-0.4, -0.2) is 14.5 Å². The van der Waals surface area contributed by atoms with Gasteiger partial charge in [-0.1, -0.05) is 23.7 Å². The molecule has 7 heteroatoms. The van der Waals surface area contributed by atoms with Gasteiger partial charge in [0.15, 0.2) is 0 Å². The molecule has 3 nitrogen and oxygen atoms in total. The number of hydrogen-bond acceptors (Lipinski definition) is 3. The first-order valence-corrected chi connectivity index (χ1v) is 9.41. The number of thiophene rings is 1. The van der Waals surface area contributed by atoms with Crippen LogP contribution < -0.4 is 4.72 Å². The summed E-state index contributed by atoms with van der Waals surface area (Å²) >= 11 is 10.4. The number of hydrogen-bond donors (Lipinski definition) is 1. The highest BCUT2D eigenvalue weighted by Crippen LogP contribution is 2.27. The molecule has 1 atom stereocenters. The minimum absolute atomic E-state index is 0.215. The number of halogens is 2. The molecular formula is C13H13BrClNO2S2. The number of rotatable bonds is 5. The van der Waals surface area contributed by atoms with Crippen molar-refractivity contribution in [1.29, 1.82) is 0 Å². The zero-order valence-electron chi connectivity index (χ0n) is 10.6. The normalized spacial score (nSPS) is 13.3. The first-order valence-electron chi connectivity index (χ1n) is 5.88. The second-order valence-electron chi connectivity index (χ2n) is 4.41. The molecular weight excluding hydrogens is 382 g/mol. The molecule has 108 valence electrons. The SMILES string of the molecule is CC(Cc1cccc(Cl)c1)NS(=O)(=O)c1sccc1Br. The molecule has 0 saturated carbocycles. The Morgan fingerprint density at radius 2 is 2.15 bits per heavy atom. The largest absolute Gasteiger partial charge is 0.251 e. The van der Waals surface area contributed by atoms with E-state index in [2.05, 4.69) is 20.7 Å². The minimum Gasteiger partial charge on any atom is -0.207 e. The zero-order chi connectivity index (χ0) is 14.8. The van der Waals surface area contributed by atoms with E-state index in [0.717, 1.165) is 5.56 Å². The Morgan fingerprint density at radius 1 is 1.40 bits per heavy atom. The first kappa shape index (κ1) is 16.0. The van der Waals surface area contributed by atoms with Crippen molar-refractivity contribution in [3.63, 3.8) is 0 Å². The molecule has 0 radical (unpaired) electrons. The van der Waals surface area contributed by atoms with Crippen molar-refractivity contribution in [3.8, 4) is 0 Å². The van der Waals surface area contributed by atoms with Crippen LogP contribution >= 0.6 is 38.9 Å². The average Bonchev–Trinajstić information content (AvgIpc) is 2.75. The van der Waals surface area contributed by atoms with E-state index < -0.39 is 10.0 Å². The van der Waals surface area contributed by atoms with Gasteiger partial charge in [-0.25, -0.2) is 13.1 Å². The molecule has 1 N–H and O–H groups in total. The topological polar surface area (TPSA) is 46.2 Å². The Bertz CT molecular complexity index is 700. The summed E-state index contributed by atoms with van der Waals surface area (Å²) in [5.41, 5.74) is 0.998. The van der Waals surface area contributed by atoms with Crippen LogP contribution in [0.1, 0.15) is 12.5 Å². The van der Waals surface area contributed by atoms with E-state index in [1.807, 2.05) is 25.1 Å². The second-order valence-corrected chi connectivity index (χ2v) is 8.53. The lowest BCUT2D eigenvalue weighted by Crippen LogP contribution is -2.33. The molecule has 1 aromatic carbocycles. The lowest BCUT2D eigenvalue weighted by Gasteiger charge is -2.14. The summed E-state index contributed by atoms with van der Waals surface area (Å²) in [6, 6.07) is 8.93. The van der Waals surface area contributed by atoms with Crippen molar-refractivity contribution in [2.75, 3.05) is 0 Å². The molecule has 2 aromatic rings. The van der Waals surface area contributed by atoms with Crippen LogP contribution in [0.3, 0.4) is 0 Å².